The van der Waals surface area contributed by atoms with Gasteiger partial charge in [0.05, 0.1) is 5.69 Å². The summed E-state index contributed by atoms with van der Waals surface area (Å²) in [5.74, 6) is -0.0405. The molecule has 0 radical (unpaired) electrons. The summed E-state index contributed by atoms with van der Waals surface area (Å²) < 4.78 is 0. The predicted molar refractivity (Wildman–Crippen MR) is 76.6 cm³/mol. The first-order chi connectivity index (χ1) is 9.10. The number of carbonyl (C=O) groups excluding carboxylic acids is 1. The van der Waals surface area contributed by atoms with Gasteiger partial charge < -0.3 is 5.73 Å². The summed E-state index contributed by atoms with van der Waals surface area (Å²) in [6.07, 6.45) is 1.78. The third kappa shape index (κ3) is 3.53. The molecule has 0 fully saturated rings. The van der Waals surface area contributed by atoms with E-state index in [-0.39, 0.29) is 12.2 Å². The standard InChI is InChI=1S/C14H12Cl2N2O/c15-11-1-2-13(16)10(5-11)7-14(19)9-3-4-18-12(6-9)8-17/h1-6H,7-8,17H2. The molecule has 2 N–H and O–H groups in total. The zero-order valence-electron chi connectivity index (χ0n) is 10.1. The largest absolute Gasteiger partial charge is 0.325 e. The van der Waals surface area contributed by atoms with Crippen LogP contribution in [0.25, 0.3) is 0 Å². The van der Waals surface area contributed by atoms with E-state index in [0.29, 0.717) is 33.4 Å². The van der Waals surface area contributed by atoms with E-state index in [2.05, 4.69) is 4.98 Å². The molecule has 0 aliphatic rings. The minimum atomic E-state index is -0.0405. The van der Waals surface area contributed by atoms with Gasteiger partial charge in [0, 0.05) is 34.8 Å². The van der Waals surface area contributed by atoms with Gasteiger partial charge in [0.1, 0.15) is 0 Å². The Labute approximate surface area is 121 Å². The number of hydrogen-bond donors (Lipinski definition) is 1. The quantitative estimate of drug-likeness (QED) is 0.881. The fraction of sp³-hybridized carbons (Fsp3) is 0.143. The first-order valence-electron chi connectivity index (χ1n) is 5.72. The molecule has 2 rings (SSSR count). The van der Waals surface area contributed by atoms with Crippen molar-refractivity contribution < 1.29 is 4.79 Å². The molecule has 1 aromatic heterocycles. The molecule has 0 spiro atoms. The maximum atomic E-state index is 12.2. The number of carbonyl (C=O) groups is 1. The molecule has 0 amide bonds. The molecule has 0 bridgehead atoms. The maximum absolute atomic E-state index is 12.2. The summed E-state index contributed by atoms with van der Waals surface area (Å²) in [7, 11) is 0. The van der Waals surface area contributed by atoms with Crippen LogP contribution in [0.2, 0.25) is 10.0 Å². The van der Waals surface area contributed by atoms with Crippen LogP contribution >= 0.6 is 23.2 Å². The van der Waals surface area contributed by atoms with Crippen molar-refractivity contribution >= 4 is 29.0 Å². The van der Waals surface area contributed by atoms with Crippen molar-refractivity contribution in [3.8, 4) is 0 Å². The topological polar surface area (TPSA) is 56.0 Å². The van der Waals surface area contributed by atoms with Crippen LogP contribution in [0.5, 0.6) is 0 Å². The molecule has 5 heteroatoms. The fourth-order valence-electron chi connectivity index (χ4n) is 1.72. The Bertz CT molecular complexity index is 614. The lowest BCUT2D eigenvalue weighted by molar-refractivity contribution is 0.0993. The molecular formula is C14H12Cl2N2O. The number of aromatic nitrogens is 1. The smallest absolute Gasteiger partial charge is 0.167 e. The van der Waals surface area contributed by atoms with Crippen molar-refractivity contribution in [1.82, 2.24) is 4.98 Å². The second-order valence-corrected chi connectivity index (χ2v) is 4.92. The van der Waals surface area contributed by atoms with Crippen LogP contribution < -0.4 is 5.73 Å². The van der Waals surface area contributed by atoms with E-state index < -0.39 is 0 Å². The number of halogens is 2. The number of pyridine rings is 1. The van der Waals surface area contributed by atoms with Crippen LogP contribution in [-0.4, -0.2) is 10.8 Å². The van der Waals surface area contributed by atoms with Crippen LogP contribution in [0.4, 0.5) is 0 Å². The Balaban J connectivity index is 2.22. The van der Waals surface area contributed by atoms with E-state index in [0.717, 1.165) is 0 Å². The monoisotopic (exact) mass is 294 g/mol. The van der Waals surface area contributed by atoms with E-state index in [9.17, 15) is 4.79 Å². The lowest BCUT2D eigenvalue weighted by Crippen LogP contribution is -2.07. The van der Waals surface area contributed by atoms with Gasteiger partial charge in [-0.15, -0.1) is 0 Å². The molecule has 1 aromatic carbocycles. The molecular weight excluding hydrogens is 283 g/mol. The molecule has 0 saturated heterocycles. The summed E-state index contributed by atoms with van der Waals surface area (Å²) in [6, 6.07) is 8.44. The minimum absolute atomic E-state index is 0.0405. The summed E-state index contributed by atoms with van der Waals surface area (Å²) >= 11 is 11.9. The van der Waals surface area contributed by atoms with E-state index in [1.165, 1.54) is 0 Å². The zero-order valence-corrected chi connectivity index (χ0v) is 11.6. The molecule has 3 nitrogen and oxygen atoms in total. The summed E-state index contributed by atoms with van der Waals surface area (Å²) in [5, 5.41) is 1.09. The molecule has 0 saturated carbocycles. The van der Waals surface area contributed by atoms with Crippen molar-refractivity contribution in [2.24, 2.45) is 5.73 Å². The highest BCUT2D eigenvalue weighted by atomic mass is 35.5. The summed E-state index contributed by atoms with van der Waals surface area (Å²) in [4.78, 5) is 16.2. The number of ketones is 1. The lowest BCUT2D eigenvalue weighted by Gasteiger charge is -2.05. The van der Waals surface area contributed by atoms with Crippen molar-refractivity contribution in [3.05, 3.63) is 63.4 Å². The van der Waals surface area contributed by atoms with Gasteiger partial charge in [-0.1, -0.05) is 23.2 Å². The van der Waals surface area contributed by atoms with Crippen molar-refractivity contribution in [1.29, 1.82) is 0 Å². The molecule has 0 atom stereocenters. The van der Waals surface area contributed by atoms with Crippen molar-refractivity contribution in [3.63, 3.8) is 0 Å². The summed E-state index contributed by atoms with van der Waals surface area (Å²) in [6.45, 7) is 0.305. The normalized spacial score (nSPS) is 10.5. The van der Waals surface area contributed by atoms with Gasteiger partial charge in [-0.05, 0) is 35.9 Å². The van der Waals surface area contributed by atoms with E-state index >= 15 is 0 Å². The van der Waals surface area contributed by atoms with Crippen LogP contribution in [-0.2, 0) is 13.0 Å². The first-order valence-corrected chi connectivity index (χ1v) is 6.48. The minimum Gasteiger partial charge on any atom is -0.325 e. The number of hydrogen-bond acceptors (Lipinski definition) is 3. The Morgan fingerprint density at radius 2 is 2.00 bits per heavy atom. The van der Waals surface area contributed by atoms with Crippen LogP contribution in [0.1, 0.15) is 21.6 Å². The third-order valence-electron chi connectivity index (χ3n) is 2.71. The van der Waals surface area contributed by atoms with E-state index in [4.69, 9.17) is 28.9 Å². The number of nitrogens with two attached hydrogens (primary N) is 1. The predicted octanol–water partition coefficient (Wildman–Crippen LogP) is 3.27. The highest BCUT2D eigenvalue weighted by Crippen LogP contribution is 2.22. The highest BCUT2D eigenvalue weighted by molar-refractivity contribution is 6.33. The average Bonchev–Trinajstić information content (AvgIpc) is 2.43. The summed E-state index contributed by atoms with van der Waals surface area (Å²) in [5.41, 5.74) is 7.48. The van der Waals surface area contributed by atoms with Gasteiger partial charge in [-0.3, -0.25) is 9.78 Å². The van der Waals surface area contributed by atoms with Gasteiger partial charge in [0.15, 0.2) is 5.78 Å². The number of Topliss-reactive ketones (excluding diaryl/α,β-unsaturated/α-hetero) is 1. The Morgan fingerprint density at radius 1 is 1.21 bits per heavy atom. The molecule has 0 unspecified atom stereocenters. The van der Waals surface area contributed by atoms with Gasteiger partial charge >= 0.3 is 0 Å². The number of benzene rings is 1. The molecule has 98 valence electrons. The Morgan fingerprint density at radius 3 is 2.74 bits per heavy atom. The Kier molecular flexibility index (Phi) is 4.53. The lowest BCUT2D eigenvalue weighted by atomic mass is 10.0. The molecule has 2 aromatic rings. The molecule has 0 aliphatic carbocycles. The van der Waals surface area contributed by atoms with E-state index in [1.807, 2.05) is 0 Å². The molecule has 19 heavy (non-hydrogen) atoms. The van der Waals surface area contributed by atoms with Gasteiger partial charge in [0.25, 0.3) is 0 Å². The number of nitrogens with zero attached hydrogens (tertiary/aromatic N) is 1. The average molecular weight is 295 g/mol. The SMILES string of the molecule is NCc1cc(C(=O)Cc2cc(Cl)ccc2Cl)ccn1. The second kappa shape index (κ2) is 6.15. The van der Waals surface area contributed by atoms with Gasteiger partial charge in [-0.25, -0.2) is 0 Å². The fourth-order valence-corrected chi connectivity index (χ4v) is 2.10. The van der Waals surface area contributed by atoms with Crippen LogP contribution in [0.15, 0.2) is 36.5 Å². The van der Waals surface area contributed by atoms with Crippen LogP contribution in [0.3, 0.4) is 0 Å². The third-order valence-corrected chi connectivity index (χ3v) is 3.31. The van der Waals surface area contributed by atoms with Crippen LogP contribution in [0, 0.1) is 0 Å². The van der Waals surface area contributed by atoms with Gasteiger partial charge in [-0.2, -0.15) is 0 Å². The van der Waals surface area contributed by atoms with Gasteiger partial charge in [0.2, 0.25) is 0 Å². The Hall–Kier alpha value is -1.42. The molecule has 0 aliphatic heterocycles. The maximum Gasteiger partial charge on any atom is 0.167 e. The number of rotatable bonds is 4. The van der Waals surface area contributed by atoms with Crippen molar-refractivity contribution in [2.75, 3.05) is 0 Å². The highest BCUT2D eigenvalue weighted by Gasteiger charge is 2.11. The second-order valence-electron chi connectivity index (χ2n) is 4.08. The van der Waals surface area contributed by atoms with Crippen molar-refractivity contribution in [2.45, 2.75) is 13.0 Å². The molecule has 1 heterocycles. The first kappa shape index (κ1) is 14.0. The van der Waals surface area contributed by atoms with E-state index in [1.54, 1.807) is 36.5 Å². The zero-order chi connectivity index (χ0) is 13.8.